The number of carbonyl (C=O) groups excluding carboxylic acids is 6. The lowest BCUT2D eigenvalue weighted by atomic mass is 9.44. The molecule has 1 aliphatic heterocycles. The van der Waals surface area contributed by atoms with Gasteiger partial charge in [0.2, 0.25) is 0 Å². The summed E-state index contributed by atoms with van der Waals surface area (Å²) in [6.45, 7) is 16.6. The predicted octanol–water partition coefficient (Wildman–Crippen LogP) is 3.72. The van der Waals surface area contributed by atoms with Crippen molar-refractivity contribution in [3.8, 4) is 0 Å². The molecule has 0 spiro atoms. The van der Waals surface area contributed by atoms with Gasteiger partial charge in [-0.1, -0.05) is 52.8 Å². The van der Waals surface area contributed by atoms with Crippen LogP contribution in [-0.4, -0.2) is 124 Å². The van der Waals surface area contributed by atoms with Crippen molar-refractivity contribution in [3.63, 3.8) is 0 Å². The molecule has 4 aliphatic rings. The molecule has 0 radical (unpaired) electrons. The van der Waals surface area contributed by atoms with Gasteiger partial charge in [0.25, 0.3) is 0 Å². The second-order valence-corrected chi connectivity index (χ2v) is 19.1. The Hall–Kier alpha value is -4.58. The molecule has 3 aliphatic carbocycles. The topological polar surface area (TPSA) is 240 Å². The van der Waals surface area contributed by atoms with Gasteiger partial charge in [0.15, 0.2) is 23.6 Å². The van der Waals surface area contributed by atoms with Gasteiger partial charge in [-0.3, -0.25) is 9.59 Å². The molecule has 1 amide bonds. The summed E-state index contributed by atoms with van der Waals surface area (Å²) in [5.74, 6) is -5.62. The summed E-state index contributed by atoms with van der Waals surface area (Å²) in [6, 6.07) is 6.50. The summed E-state index contributed by atoms with van der Waals surface area (Å²) in [6.07, 6.45) is -12.8. The van der Waals surface area contributed by atoms with Crippen LogP contribution in [0.15, 0.2) is 41.5 Å². The van der Waals surface area contributed by atoms with Gasteiger partial charge in [0, 0.05) is 25.2 Å². The molecular formula is C43H59NO16. The van der Waals surface area contributed by atoms with Crippen LogP contribution in [0.4, 0.5) is 9.59 Å². The zero-order valence-electron chi connectivity index (χ0n) is 36.3. The van der Waals surface area contributed by atoms with Gasteiger partial charge >= 0.3 is 30.2 Å². The Morgan fingerprint density at radius 1 is 0.967 bits per heavy atom. The molecule has 1 heterocycles. The van der Waals surface area contributed by atoms with Gasteiger partial charge in [-0.15, -0.1) is 0 Å². The molecule has 5 rings (SSSR count). The van der Waals surface area contributed by atoms with Crippen LogP contribution in [0.5, 0.6) is 0 Å². The highest BCUT2D eigenvalue weighted by molar-refractivity contribution is 5.95. The van der Waals surface area contributed by atoms with Crippen molar-refractivity contribution in [1.82, 2.24) is 5.32 Å². The van der Waals surface area contributed by atoms with Gasteiger partial charge in [0.1, 0.15) is 29.5 Å². The van der Waals surface area contributed by atoms with E-state index in [2.05, 4.69) is 5.32 Å². The fourth-order valence-corrected chi connectivity index (χ4v) is 9.50. The van der Waals surface area contributed by atoms with Crippen LogP contribution in [0.1, 0.15) is 99.4 Å². The maximum atomic E-state index is 15.4. The van der Waals surface area contributed by atoms with Crippen LogP contribution in [0.25, 0.3) is 0 Å². The smallest absolute Gasteiger partial charge is 0.456 e. The Bertz CT molecular complexity index is 1910. The third kappa shape index (κ3) is 8.00. The molecule has 60 heavy (non-hydrogen) atoms. The van der Waals surface area contributed by atoms with Gasteiger partial charge < -0.3 is 53.8 Å². The summed E-state index contributed by atoms with van der Waals surface area (Å²) in [5.41, 5.74) is -9.78. The summed E-state index contributed by atoms with van der Waals surface area (Å²) in [4.78, 5) is 82.7. The molecule has 2 bridgehead atoms. The number of amides is 1. The number of hydrogen-bond acceptors (Lipinski definition) is 16. The lowest BCUT2D eigenvalue weighted by Crippen LogP contribution is -2.82. The minimum absolute atomic E-state index is 0.0226. The summed E-state index contributed by atoms with van der Waals surface area (Å²) in [7, 11) is 1.07. The molecule has 4 N–H and O–H groups in total. The van der Waals surface area contributed by atoms with E-state index in [0.717, 1.165) is 14.0 Å². The van der Waals surface area contributed by atoms with E-state index in [-0.39, 0.29) is 29.7 Å². The van der Waals surface area contributed by atoms with Crippen molar-refractivity contribution < 1.29 is 77.2 Å². The second kappa shape index (κ2) is 16.0. The molecular weight excluding hydrogens is 786 g/mol. The first-order valence-electron chi connectivity index (χ1n) is 19.9. The van der Waals surface area contributed by atoms with Crippen molar-refractivity contribution in [1.29, 1.82) is 0 Å². The first-order chi connectivity index (χ1) is 27.6. The Labute approximate surface area is 349 Å². The van der Waals surface area contributed by atoms with Crippen LogP contribution >= 0.6 is 0 Å². The molecule has 1 saturated heterocycles. The van der Waals surface area contributed by atoms with Crippen molar-refractivity contribution in [3.05, 3.63) is 47.0 Å². The number of aliphatic hydroxyl groups is 3. The van der Waals surface area contributed by atoms with Crippen molar-refractivity contribution >= 4 is 35.9 Å². The normalized spacial score (nSPS) is 33.1. The van der Waals surface area contributed by atoms with E-state index in [4.69, 9.17) is 33.2 Å². The number of carbonyl (C=O) groups is 6. The van der Waals surface area contributed by atoms with Gasteiger partial charge in [-0.25, -0.2) is 19.2 Å². The highest BCUT2D eigenvalue weighted by Gasteiger charge is 2.78. The molecule has 11 atom stereocenters. The quantitative estimate of drug-likeness (QED) is 0.166. The molecule has 332 valence electrons. The Balaban J connectivity index is 1.74. The number of rotatable bonds is 8. The number of alkyl carbamates (subject to hydrolysis) is 1. The Kier molecular flexibility index (Phi) is 12.4. The zero-order chi connectivity index (χ0) is 45.1. The maximum Gasteiger partial charge on any atom is 0.508 e. The minimum atomic E-state index is -2.42. The van der Waals surface area contributed by atoms with E-state index in [0.29, 0.717) is 0 Å². The van der Waals surface area contributed by atoms with Crippen molar-refractivity contribution in [2.45, 2.75) is 148 Å². The number of fused-ring (bicyclic) bond motifs is 5. The number of hydrogen-bond donors (Lipinski definition) is 4. The number of ketones is 1. The summed E-state index contributed by atoms with van der Waals surface area (Å²) >= 11 is 0. The molecule has 3 fully saturated rings. The SMILES string of the molecule is COC(=O)O[C@@]12CO[C@@H]1C[C@H](O)[C@@]1(C)C(=O)[C@H](OC(C)=O)C3=C(C)[C@H](OC(=O)[C@H](O)[C@H](NC(=O)OC(C)(C)C)C(C)(C)C)C[C@@](O)([C@@H](OC(=O)c4ccccc4)C12)C3(C)C. The lowest BCUT2D eigenvalue weighted by molar-refractivity contribution is -0.344. The molecule has 17 nitrogen and oxygen atoms in total. The van der Waals surface area contributed by atoms with E-state index in [1.807, 2.05) is 0 Å². The number of nitrogens with one attached hydrogen (secondary N) is 1. The average molecular weight is 846 g/mol. The highest BCUT2D eigenvalue weighted by Crippen LogP contribution is 2.64. The molecule has 2 saturated carbocycles. The fourth-order valence-electron chi connectivity index (χ4n) is 9.50. The first kappa shape index (κ1) is 46.5. The van der Waals surface area contributed by atoms with E-state index < -0.39 is 124 Å². The number of methoxy groups -OCH3 is 1. The fraction of sp³-hybridized carbons (Fsp3) is 0.674. The second-order valence-electron chi connectivity index (χ2n) is 19.1. The number of aliphatic hydroxyl groups excluding tert-OH is 2. The van der Waals surface area contributed by atoms with Crippen LogP contribution in [0, 0.1) is 22.2 Å². The largest absolute Gasteiger partial charge is 0.508 e. The lowest BCUT2D eigenvalue weighted by Gasteiger charge is -2.67. The van der Waals surface area contributed by atoms with Gasteiger partial charge in [0.05, 0.1) is 42.8 Å². The zero-order valence-corrected chi connectivity index (χ0v) is 36.3. The monoisotopic (exact) mass is 845 g/mol. The Morgan fingerprint density at radius 3 is 2.10 bits per heavy atom. The molecule has 1 aromatic carbocycles. The van der Waals surface area contributed by atoms with E-state index in [1.165, 1.54) is 39.8 Å². The number of Topliss-reactive ketones (excluding diaryl/α,β-unsaturated/α-hetero) is 1. The van der Waals surface area contributed by atoms with Crippen molar-refractivity contribution in [2.24, 2.45) is 22.2 Å². The predicted molar refractivity (Wildman–Crippen MR) is 209 cm³/mol. The summed E-state index contributed by atoms with van der Waals surface area (Å²) < 4.78 is 40.3. The van der Waals surface area contributed by atoms with Crippen LogP contribution in [-0.2, 0) is 47.5 Å². The highest BCUT2D eigenvalue weighted by atomic mass is 16.8. The summed E-state index contributed by atoms with van der Waals surface area (Å²) in [5, 5.41) is 39.8. The van der Waals surface area contributed by atoms with Gasteiger partial charge in [-0.05, 0) is 63.3 Å². The van der Waals surface area contributed by atoms with E-state index in [9.17, 15) is 39.3 Å². The number of esters is 3. The number of ether oxygens (including phenoxy) is 7. The average Bonchev–Trinajstić information content (AvgIpc) is 3.13. The third-order valence-corrected chi connectivity index (χ3v) is 12.7. The molecule has 17 heteroatoms. The van der Waals surface area contributed by atoms with Crippen LogP contribution < -0.4 is 5.32 Å². The maximum absolute atomic E-state index is 15.4. The van der Waals surface area contributed by atoms with Crippen LogP contribution in [0.2, 0.25) is 0 Å². The first-order valence-corrected chi connectivity index (χ1v) is 19.9. The number of benzene rings is 1. The van der Waals surface area contributed by atoms with E-state index >= 15 is 4.79 Å². The van der Waals surface area contributed by atoms with Crippen LogP contribution in [0.3, 0.4) is 0 Å². The van der Waals surface area contributed by atoms with E-state index in [1.54, 1.807) is 59.7 Å². The van der Waals surface area contributed by atoms with Crippen molar-refractivity contribution in [2.75, 3.05) is 13.7 Å². The molecule has 1 unspecified atom stereocenters. The third-order valence-electron chi connectivity index (χ3n) is 12.7. The molecule has 0 aromatic heterocycles. The molecule has 1 aromatic rings. The standard InChI is InChI=1S/C43H59NO16/c1-21-24(57-35(50)28(47)31(38(3,4)5)44-36(51)59-39(6,7)8)19-43(53)33(58-34(49)23-16-14-13-15-17-23)30-41(11,32(48)29(56-22(2)45)27(21)40(43,9)10)25(46)18-26-42(30,20-55-26)60-37(52)54-12/h13-17,24-26,28-31,33,46-47,53H,18-20H2,1-12H3,(H,44,51)/t24-,25+,26-,28-,29-,30?,31+,33+,41-,42+,43-/m1/s1. The Morgan fingerprint density at radius 2 is 1.58 bits per heavy atom. The minimum Gasteiger partial charge on any atom is -0.456 e. The van der Waals surface area contributed by atoms with Gasteiger partial charge in [-0.2, -0.15) is 0 Å².